The van der Waals surface area contributed by atoms with Gasteiger partial charge < -0.3 is 4.74 Å². The zero-order chi connectivity index (χ0) is 19.4. The van der Waals surface area contributed by atoms with Gasteiger partial charge in [0.1, 0.15) is 11.5 Å². The van der Waals surface area contributed by atoms with Crippen LogP contribution in [0.4, 0.5) is 0 Å². The second kappa shape index (κ2) is 11.9. The molecule has 1 nitrogen and oxygen atoms in total. The minimum absolute atomic E-state index is 0.926. The van der Waals surface area contributed by atoms with Crippen LogP contribution < -0.4 is 4.74 Å². The third kappa shape index (κ3) is 6.67. The largest absolute Gasteiger partial charge is 0.456 e. The molecular formula is C26H34OS. The van der Waals surface area contributed by atoms with Gasteiger partial charge in [0.15, 0.2) is 0 Å². The van der Waals surface area contributed by atoms with E-state index in [0.29, 0.717) is 0 Å². The predicted octanol–water partition coefficient (Wildman–Crippen LogP) is 9.16. The number of ether oxygens (including phenoxy) is 1. The molecule has 0 aliphatic heterocycles. The normalized spacial score (nSPS) is 11.2. The van der Waals surface area contributed by atoms with Gasteiger partial charge in [-0.25, -0.2) is 0 Å². The molecule has 0 atom stereocenters. The number of unbranched alkanes of at least 4 members (excludes halogenated alkanes) is 9. The summed E-state index contributed by atoms with van der Waals surface area (Å²) in [5, 5.41) is 3.30. The molecule has 1 aromatic heterocycles. The molecule has 0 aliphatic rings. The minimum atomic E-state index is 0.926. The molecule has 2 heteroatoms. The Labute approximate surface area is 174 Å². The first-order valence-corrected chi connectivity index (χ1v) is 12.0. The lowest BCUT2D eigenvalue weighted by molar-refractivity contribution is 0.490. The number of rotatable bonds is 13. The summed E-state index contributed by atoms with van der Waals surface area (Å²) in [6.07, 6.45) is 15.1. The quantitative estimate of drug-likeness (QED) is 0.263. The Hall–Kier alpha value is -1.80. The molecule has 0 spiro atoms. The summed E-state index contributed by atoms with van der Waals surface area (Å²) in [5.41, 5.74) is 1.42. The van der Waals surface area contributed by atoms with Gasteiger partial charge in [0.25, 0.3) is 0 Å². The maximum absolute atomic E-state index is 6.10. The molecule has 0 aliphatic carbocycles. The molecule has 150 valence electrons. The fourth-order valence-corrected chi connectivity index (χ4v) is 4.56. The van der Waals surface area contributed by atoms with Crippen LogP contribution in [0.5, 0.6) is 11.5 Å². The highest BCUT2D eigenvalue weighted by molar-refractivity contribution is 7.17. The summed E-state index contributed by atoms with van der Waals surface area (Å²) in [6.45, 7) is 2.28. The molecule has 0 bridgehead atoms. The van der Waals surface area contributed by atoms with Crippen molar-refractivity contribution in [2.75, 3.05) is 0 Å². The molecule has 0 radical (unpaired) electrons. The van der Waals surface area contributed by atoms with Gasteiger partial charge in [-0.05, 0) is 42.7 Å². The molecule has 3 aromatic rings. The van der Waals surface area contributed by atoms with E-state index in [2.05, 4.69) is 60.8 Å². The van der Waals surface area contributed by atoms with E-state index < -0.39 is 0 Å². The van der Waals surface area contributed by atoms with E-state index in [-0.39, 0.29) is 0 Å². The number of hydrogen-bond acceptors (Lipinski definition) is 2. The average Bonchev–Trinajstić information content (AvgIpc) is 3.13. The van der Waals surface area contributed by atoms with E-state index in [0.717, 1.165) is 11.5 Å². The highest BCUT2D eigenvalue weighted by Gasteiger charge is 2.05. The SMILES string of the molecule is CCCCCCCCCCCCc1ccc(Oc2csc3ccccc23)cc1. The molecule has 0 N–H and O–H groups in total. The van der Waals surface area contributed by atoms with Gasteiger partial charge in [-0.15, -0.1) is 11.3 Å². The Morgan fingerprint density at radius 3 is 2.07 bits per heavy atom. The minimum Gasteiger partial charge on any atom is -0.456 e. The van der Waals surface area contributed by atoms with Crippen LogP contribution in [-0.2, 0) is 6.42 Å². The number of aryl methyl sites for hydroxylation is 1. The van der Waals surface area contributed by atoms with Gasteiger partial charge in [-0.3, -0.25) is 0 Å². The van der Waals surface area contributed by atoms with E-state index in [1.165, 1.54) is 86.3 Å². The van der Waals surface area contributed by atoms with Crippen molar-refractivity contribution in [1.82, 2.24) is 0 Å². The van der Waals surface area contributed by atoms with Crippen molar-refractivity contribution in [2.24, 2.45) is 0 Å². The predicted molar refractivity (Wildman–Crippen MR) is 124 cm³/mol. The van der Waals surface area contributed by atoms with E-state index in [1.54, 1.807) is 11.3 Å². The maximum Gasteiger partial charge on any atom is 0.145 e. The molecule has 0 unspecified atom stereocenters. The summed E-state index contributed by atoms with van der Waals surface area (Å²) in [7, 11) is 0. The number of benzene rings is 2. The number of hydrogen-bond donors (Lipinski definition) is 0. The van der Waals surface area contributed by atoms with Crippen LogP contribution in [0.25, 0.3) is 10.1 Å². The smallest absolute Gasteiger partial charge is 0.145 e. The van der Waals surface area contributed by atoms with Gasteiger partial charge in [0.05, 0.1) is 0 Å². The van der Waals surface area contributed by atoms with Crippen molar-refractivity contribution in [2.45, 2.75) is 77.6 Å². The standard InChI is InChI=1S/C26H34OS/c1-2-3-4-5-6-7-8-9-10-11-14-22-17-19-23(20-18-22)27-25-21-28-26-16-13-12-15-24(25)26/h12-13,15-21H,2-11,14H2,1H3. The zero-order valence-electron chi connectivity index (χ0n) is 17.3. The van der Waals surface area contributed by atoms with E-state index in [1.807, 2.05) is 0 Å². The van der Waals surface area contributed by atoms with E-state index >= 15 is 0 Å². The molecular weight excluding hydrogens is 360 g/mol. The third-order valence-corrected chi connectivity index (χ3v) is 6.36. The zero-order valence-corrected chi connectivity index (χ0v) is 18.1. The molecule has 28 heavy (non-hydrogen) atoms. The summed E-state index contributed by atoms with van der Waals surface area (Å²) in [5.74, 6) is 1.89. The number of fused-ring (bicyclic) bond motifs is 1. The van der Waals surface area contributed by atoms with Crippen molar-refractivity contribution < 1.29 is 4.74 Å². The molecule has 0 amide bonds. The van der Waals surface area contributed by atoms with Crippen LogP contribution >= 0.6 is 11.3 Å². The second-order valence-corrected chi connectivity index (χ2v) is 8.69. The Bertz CT molecular complexity index is 803. The highest BCUT2D eigenvalue weighted by atomic mass is 32.1. The molecule has 0 saturated carbocycles. The first-order valence-electron chi connectivity index (χ1n) is 11.1. The average molecular weight is 395 g/mol. The lowest BCUT2D eigenvalue weighted by atomic mass is 10.0. The molecule has 1 heterocycles. The Kier molecular flexibility index (Phi) is 8.90. The number of thiophene rings is 1. The van der Waals surface area contributed by atoms with Gasteiger partial charge >= 0.3 is 0 Å². The van der Waals surface area contributed by atoms with Crippen molar-refractivity contribution in [3.63, 3.8) is 0 Å². The van der Waals surface area contributed by atoms with Crippen LogP contribution in [0.1, 0.15) is 76.7 Å². The van der Waals surface area contributed by atoms with Crippen molar-refractivity contribution in [1.29, 1.82) is 0 Å². The van der Waals surface area contributed by atoms with Gasteiger partial charge in [0, 0.05) is 15.5 Å². The lowest BCUT2D eigenvalue weighted by Gasteiger charge is -2.06. The first kappa shape index (κ1) is 20.9. The third-order valence-electron chi connectivity index (χ3n) is 5.42. The van der Waals surface area contributed by atoms with E-state index in [9.17, 15) is 0 Å². The fraction of sp³-hybridized carbons (Fsp3) is 0.462. The van der Waals surface area contributed by atoms with Crippen LogP contribution in [-0.4, -0.2) is 0 Å². The van der Waals surface area contributed by atoms with Crippen molar-refractivity contribution in [3.8, 4) is 11.5 Å². The van der Waals surface area contributed by atoms with Gasteiger partial charge in [-0.2, -0.15) is 0 Å². The molecule has 0 saturated heterocycles. The monoisotopic (exact) mass is 394 g/mol. The first-order chi connectivity index (χ1) is 13.9. The maximum atomic E-state index is 6.10. The van der Waals surface area contributed by atoms with Crippen LogP contribution in [0.2, 0.25) is 0 Å². The van der Waals surface area contributed by atoms with Crippen molar-refractivity contribution >= 4 is 21.4 Å². The Morgan fingerprint density at radius 2 is 1.36 bits per heavy atom. The van der Waals surface area contributed by atoms with Crippen LogP contribution in [0.15, 0.2) is 53.9 Å². The van der Waals surface area contributed by atoms with Crippen LogP contribution in [0.3, 0.4) is 0 Å². The topological polar surface area (TPSA) is 9.23 Å². The Balaban J connectivity index is 1.32. The summed E-state index contributed by atoms with van der Waals surface area (Å²) < 4.78 is 7.38. The Morgan fingerprint density at radius 1 is 0.714 bits per heavy atom. The van der Waals surface area contributed by atoms with Gasteiger partial charge in [0.2, 0.25) is 0 Å². The summed E-state index contributed by atoms with van der Waals surface area (Å²) >= 11 is 1.74. The molecule has 2 aromatic carbocycles. The summed E-state index contributed by atoms with van der Waals surface area (Å²) in [6, 6.07) is 17.1. The summed E-state index contributed by atoms with van der Waals surface area (Å²) in [4.78, 5) is 0. The highest BCUT2D eigenvalue weighted by Crippen LogP contribution is 2.35. The van der Waals surface area contributed by atoms with E-state index in [4.69, 9.17) is 4.74 Å². The van der Waals surface area contributed by atoms with Gasteiger partial charge in [-0.1, -0.05) is 89.0 Å². The lowest BCUT2D eigenvalue weighted by Crippen LogP contribution is -1.88. The molecule has 0 fully saturated rings. The molecule has 3 rings (SSSR count). The fourth-order valence-electron chi connectivity index (χ4n) is 3.70. The van der Waals surface area contributed by atoms with Crippen LogP contribution in [0, 0.1) is 0 Å². The van der Waals surface area contributed by atoms with Crippen molar-refractivity contribution in [3.05, 3.63) is 59.5 Å². The second-order valence-electron chi connectivity index (χ2n) is 7.77.